The Morgan fingerprint density at radius 1 is 0.600 bits per heavy atom. The van der Waals surface area contributed by atoms with Crippen molar-refractivity contribution < 1.29 is 0 Å². The predicted octanol–water partition coefficient (Wildman–Crippen LogP) is 5.81. The molecule has 0 bridgehead atoms. The zero-order chi connectivity index (χ0) is 11.5. The first-order chi connectivity index (χ1) is 7.28. The first-order valence-corrected chi connectivity index (χ1v) is 7.28. The van der Waals surface area contributed by atoms with Crippen molar-refractivity contribution in [3.8, 4) is 0 Å². The standard InChI is InChI=1S/C15H32/c1-5-10-15(11-6-2)13-9-12-14(7-3)8-4/h14-15H,5-13H2,1-4H3. The van der Waals surface area contributed by atoms with E-state index in [1.807, 2.05) is 0 Å². The van der Waals surface area contributed by atoms with Crippen molar-refractivity contribution in [1.29, 1.82) is 0 Å². The molecule has 0 saturated carbocycles. The van der Waals surface area contributed by atoms with Crippen molar-refractivity contribution in [1.82, 2.24) is 0 Å². The van der Waals surface area contributed by atoms with Crippen molar-refractivity contribution >= 4 is 0 Å². The van der Waals surface area contributed by atoms with Crippen LogP contribution in [0, 0.1) is 11.8 Å². The summed E-state index contributed by atoms with van der Waals surface area (Å²) in [7, 11) is 0. The second kappa shape index (κ2) is 10.5. The fraction of sp³-hybridized carbons (Fsp3) is 1.00. The van der Waals surface area contributed by atoms with Gasteiger partial charge in [-0.3, -0.25) is 0 Å². The molecule has 0 N–H and O–H groups in total. The summed E-state index contributed by atoms with van der Waals surface area (Å²) in [6.07, 6.45) is 12.8. The van der Waals surface area contributed by atoms with Gasteiger partial charge in [-0.25, -0.2) is 0 Å². The zero-order valence-corrected chi connectivity index (χ0v) is 11.5. The summed E-state index contributed by atoms with van der Waals surface area (Å²) in [5.74, 6) is 2.02. The van der Waals surface area contributed by atoms with Crippen LogP contribution in [0.4, 0.5) is 0 Å². The highest BCUT2D eigenvalue weighted by atomic mass is 14.1. The largest absolute Gasteiger partial charge is 0.0654 e. The van der Waals surface area contributed by atoms with Crippen LogP contribution in [-0.2, 0) is 0 Å². The molecule has 0 unspecified atom stereocenters. The second-order valence-electron chi connectivity index (χ2n) is 5.06. The fourth-order valence-corrected chi connectivity index (χ4v) is 2.64. The lowest BCUT2D eigenvalue weighted by Gasteiger charge is -2.17. The number of hydrogen-bond acceptors (Lipinski definition) is 0. The Hall–Kier alpha value is 0. The molecule has 0 aliphatic heterocycles. The van der Waals surface area contributed by atoms with Crippen LogP contribution in [0.2, 0.25) is 0 Å². The number of hydrogen-bond donors (Lipinski definition) is 0. The van der Waals surface area contributed by atoms with Crippen molar-refractivity contribution in [2.75, 3.05) is 0 Å². The van der Waals surface area contributed by atoms with Gasteiger partial charge in [-0.15, -0.1) is 0 Å². The molecule has 0 aromatic carbocycles. The van der Waals surface area contributed by atoms with E-state index in [2.05, 4.69) is 27.7 Å². The van der Waals surface area contributed by atoms with Crippen molar-refractivity contribution in [2.24, 2.45) is 11.8 Å². The molecule has 0 spiro atoms. The molecule has 0 saturated heterocycles. The lowest BCUT2D eigenvalue weighted by Crippen LogP contribution is -2.02. The number of rotatable bonds is 10. The van der Waals surface area contributed by atoms with Gasteiger partial charge in [0.1, 0.15) is 0 Å². The summed E-state index contributed by atoms with van der Waals surface area (Å²) < 4.78 is 0. The second-order valence-corrected chi connectivity index (χ2v) is 5.06. The van der Waals surface area contributed by atoms with Crippen LogP contribution in [-0.4, -0.2) is 0 Å². The highest BCUT2D eigenvalue weighted by Gasteiger charge is 2.08. The van der Waals surface area contributed by atoms with Crippen molar-refractivity contribution in [3.63, 3.8) is 0 Å². The van der Waals surface area contributed by atoms with Gasteiger partial charge in [0.05, 0.1) is 0 Å². The molecular formula is C15H32. The van der Waals surface area contributed by atoms with Gasteiger partial charge < -0.3 is 0 Å². The van der Waals surface area contributed by atoms with E-state index in [-0.39, 0.29) is 0 Å². The monoisotopic (exact) mass is 212 g/mol. The third kappa shape index (κ3) is 7.88. The predicted molar refractivity (Wildman–Crippen MR) is 71.2 cm³/mol. The molecular weight excluding hydrogens is 180 g/mol. The SMILES string of the molecule is CCCC(CCC)CCCC(CC)CC. The van der Waals surface area contributed by atoms with Crippen LogP contribution in [0.25, 0.3) is 0 Å². The van der Waals surface area contributed by atoms with Gasteiger partial charge in [-0.2, -0.15) is 0 Å². The van der Waals surface area contributed by atoms with E-state index in [1.54, 1.807) is 0 Å². The summed E-state index contributed by atoms with van der Waals surface area (Å²) in [6.45, 7) is 9.32. The van der Waals surface area contributed by atoms with Crippen LogP contribution in [0.5, 0.6) is 0 Å². The average Bonchev–Trinajstić information content (AvgIpc) is 2.25. The van der Waals surface area contributed by atoms with E-state index in [0.717, 1.165) is 11.8 Å². The molecule has 0 heteroatoms. The highest BCUT2D eigenvalue weighted by Crippen LogP contribution is 2.23. The lowest BCUT2D eigenvalue weighted by molar-refractivity contribution is 0.360. The summed E-state index contributed by atoms with van der Waals surface area (Å²) in [6, 6.07) is 0. The molecule has 0 nitrogen and oxygen atoms in total. The Balaban J connectivity index is 3.59. The Morgan fingerprint density at radius 3 is 1.47 bits per heavy atom. The van der Waals surface area contributed by atoms with Gasteiger partial charge in [-0.1, -0.05) is 85.5 Å². The van der Waals surface area contributed by atoms with E-state index in [9.17, 15) is 0 Å². The zero-order valence-electron chi connectivity index (χ0n) is 11.5. The van der Waals surface area contributed by atoms with Gasteiger partial charge in [0.15, 0.2) is 0 Å². The van der Waals surface area contributed by atoms with E-state index in [1.165, 1.54) is 57.8 Å². The lowest BCUT2D eigenvalue weighted by atomic mass is 9.89. The van der Waals surface area contributed by atoms with Crippen LogP contribution >= 0.6 is 0 Å². The van der Waals surface area contributed by atoms with Crippen molar-refractivity contribution in [2.45, 2.75) is 85.5 Å². The van der Waals surface area contributed by atoms with Gasteiger partial charge in [-0.05, 0) is 11.8 Å². The van der Waals surface area contributed by atoms with Crippen LogP contribution in [0.1, 0.15) is 85.5 Å². The van der Waals surface area contributed by atoms with E-state index in [4.69, 9.17) is 0 Å². The molecule has 0 radical (unpaired) electrons. The van der Waals surface area contributed by atoms with E-state index in [0.29, 0.717) is 0 Å². The van der Waals surface area contributed by atoms with Gasteiger partial charge >= 0.3 is 0 Å². The molecule has 0 atom stereocenters. The van der Waals surface area contributed by atoms with Gasteiger partial charge in [0.2, 0.25) is 0 Å². The highest BCUT2D eigenvalue weighted by molar-refractivity contribution is 4.61. The van der Waals surface area contributed by atoms with Crippen LogP contribution in [0.15, 0.2) is 0 Å². The summed E-state index contributed by atoms with van der Waals surface area (Å²) >= 11 is 0. The Bertz CT molecular complexity index is 107. The minimum Gasteiger partial charge on any atom is -0.0654 e. The maximum Gasteiger partial charge on any atom is -0.0414 e. The quantitative estimate of drug-likeness (QED) is 0.429. The van der Waals surface area contributed by atoms with E-state index >= 15 is 0 Å². The molecule has 0 aliphatic rings. The first-order valence-electron chi connectivity index (χ1n) is 7.28. The summed E-state index contributed by atoms with van der Waals surface area (Å²) in [5, 5.41) is 0. The van der Waals surface area contributed by atoms with Crippen molar-refractivity contribution in [3.05, 3.63) is 0 Å². The Labute approximate surface area is 97.8 Å². The maximum absolute atomic E-state index is 2.34. The summed E-state index contributed by atoms with van der Waals surface area (Å²) in [4.78, 5) is 0. The summed E-state index contributed by atoms with van der Waals surface area (Å²) in [5.41, 5.74) is 0. The van der Waals surface area contributed by atoms with E-state index < -0.39 is 0 Å². The third-order valence-electron chi connectivity index (χ3n) is 3.77. The maximum atomic E-state index is 2.34. The van der Waals surface area contributed by atoms with Crippen LogP contribution < -0.4 is 0 Å². The first kappa shape index (κ1) is 15.0. The third-order valence-corrected chi connectivity index (χ3v) is 3.77. The molecule has 92 valence electrons. The molecule has 0 aromatic rings. The molecule has 0 fully saturated rings. The molecule has 15 heavy (non-hydrogen) atoms. The molecule has 0 rings (SSSR count). The molecule has 0 heterocycles. The smallest absolute Gasteiger partial charge is 0.0414 e. The molecule has 0 aliphatic carbocycles. The topological polar surface area (TPSA) is 0 Å². The van der Waals surface area contributed by atoms with Gasteiger partial charge in [0, 0.05) is 0 Å². The Morgan fingerprint density at radius 2 is 1.07 bits per heavy atom. The minimum atomic E-state index is 0.994. The van der Waals surface area contributed by atoms with Crippen LogP contribution in [0.3, 0.4) is 0 Å². The average molecular weight is 212 g/mol. The molecule has 0 aromatic heterocycles. The normalized spacial score (nSPS) is 11.6. The molecule has 0 amide bonds. The Kier molecular flexibility index (Phi) is 10.5. The minimum absolute atomic E-state index is 0.994. The fourth-order valence-electron chi connectivity index (χ4n) is 2.64. The van der Waals surface area contributed by atoms with Gasteiger partial charge in [0.25, 0.3) is 0 Å².